The lowest BCUT2D eigenvalue weighted by Gasteiger charge is -2.30. The van der Waals surface area contributed by atoms with E-state index in [0.29, 0.717) is 18.8 Å². The molecule has 2 aliphatic heterocycles. The summed E-state index contributed by atoms with van der Waals surface area (Å²) in [5, 5.41) is 2.00. The largest absolute Gasteiger partial charge is 0.493 e. The third kappa shape index (κ3) is 1.46. The maximum absolute atomic E-state index is 11.7. The number of nitrogens with zero attached hydrogens (tertiary/aromatic N) is 1. The van der Waals surface area contributed by atoms with E-state index in [1.54, 1.807) is 18.2 Å². The molecule has 0 spiro atoms. The third-order valence-electron chi connectivity index (χ3n) is 3.09. The number of nitrogens with one attached hydrogen (secondary N) is 1. The number of benzene rings is 1. The number of amides is 4. The molecule has 1 N–H and O–H groups in total. The quantitative estimate of drug-likeness (QED) is 0.581. The van der Waals surface area contributed by atoms with Gasteiger partial charge in [0.1, 0.15) is 5.75 Å². The van der Waals surface area contributed by atoms with Gasteiger partial charge in [0.15, 0.2) is 0 Å². The first-order chi connectivity index (χ1) is 8.68. The highest BCUT2D eigenvalue weighted by molar-refractivity contribution is 6.44. The zero-order valence-corrected chi connectivity index (χ0v) is 9.38. The number of carbonyl (C=O) groups excluding carboxylic acids is 3. The molecule has 1 aromatic rings. The smallest absolute Gasteiger partial charge is 0.332 e. The van der Waals surface area contributed by atoms with Crippen LogP contribution in [0.3, 0.4) is 0 Å². The van der Waals surface area contributed by atoms with Crippen LogP contribution in [0.5, 0.6) is 5.75 Å². The second kappa shape index (κ2) is 3.83. The van der Waals surface area contributed by atoms with Gasteiger partial charge in [-0.2, -0.15) is 0 Å². The van der Waals surface area contributed by atoms with Gasteiger partial charge in [0.2, 0.25) is 0 Å². The van der Waals surface area contributed by atoms with Gasteiger partial charge in [-0.25, -0.2) is 9.69 Å². The van der Waals surface area contributed by atoms with Gasteiger partial charge < -0.3 is 4.74 Å². The second-order valence-corrected chi connectivity index (χ2v) is 4.13. The molecule has 1 saturated heterocycles. The summed E-state index contributed by atoms with van der Waals surface area (Å²) >= 11 is 0. The van der Waals surface area contributed by atoms with Gasteiger partial charge in [-0.3, -0.25) is 14.9 Å². The molecule has 92 valence electrons. The van der Waals surface area contributed by atoms with Crippen molar-refractivity contribution in [3.63, 3.8) is 0 Å². The molecule has 1 unspecified atom stereocenters. The number of para-hydroxylation sites is 1. The molecule has 6 nitrogen and oxygen atoms in total. The Morgan fingerprint density at radius 2 is 2.00 bits per heavy atom. The maximum atomic E-state index is 11.7. The highest BCUT2D eigenvalue weighted by Gasteiger charge is 2.43. The molecule has 1 aromatic carbocycles. The van der Waals surface area contributed by atoms with Gasteiger partial charge in [-0.05, 0) is 6.07 Å². The molecule has 1 fully saturated rings. The first kappa shape index (κ1) is 10.8. The second-order valence-electron chi connectivity index (χ2n) is 4.13. The van der Waals surface area contributed by atoms with Crippen LogP contribution in [0, 0.1) is 0 Å². The van der Waals surface area contributed by atoms with Crippen molar-refractivity contribution >= 4 is 17.8 Å². The van der Waals surface area contributed by atoms with Crippen LogP contribution < -0.4 is 10.1 Å². The molecule has 0 saturated carbocycles. The summed E-state index contributed by atoms with van der Waals surface area (Å²) in [7, 11) is 0. The van der Waals surface area contributed by atoms with Gasteiger partial charge >= 0.3 is 17.8 Å². The number of hydrogen-bond donors (Lipinski definition) is 1. The van der Waals surface area contributed by atoms with Crippen molar-refractivity contribution in [1.82, 2.24) is 10.2 Å². The highest BCUT2D eigenvalue weighted by Crippen LogP contribution is 2.36. The first-order valence-electron chi connectivity index (χ1n) is 5.58. The van der Waals surface area contributed by atoms with Crippen molar-refractivity contribution in [2.24, 2.45) is 0 Å². The number of urea groups is 1. The summed E-state index contributed by atoms with van der Waals surface area (Å²) in [6.07, 6.45) is 0.490. The van der Waals surface area contributed by atoms with Crippen molar-refractivity contribution in [2.75, 3.05) is 6.61 Å². The highest BCUT2D eigenvalue weighted by atomic mass is 16.5. The van der Waals surface area contributed by atoms with Crippen LogP contribution in [0.4, 0.5) is 4.79 Å². The fourth-order valence-electron chi connectivity index (χ4n) is 2.29. The number of ether oxygens (including phenoxy) is 1. The normalized spacial score (nSPS) is 22.6. The zero-order chi connectivity index (χ0) is 12.7. The van der Waals surface area contributed by atoms with Gasteiger partial charge in [-0.15, -0.1) is 0 Å². The molecule has 0 aliphatic carbocycles. The van der Waals surface area contributed by atoms with Crippen molar-refractivity contribution < 1.29 is 19.1 Å². The summed E-state index contributed by atoms with van der Waals surface area (Å²) in [5.41, 5.74) is 0.752. The third-order valence-corrected chi connectivity index (χ3v) is 3.09. The van der Waals surface area contributed by atoms with Gasteiger partial charge in [0, 0.05) is 12.0 Å². The molecule has 2 heterocycles. The van der Waals surface area contributed by atoms with E-state index in [4.69, 9.17) is 4.74 Å². The van der Waals surface area contributed by atoms with Crippen LogP contribution in [0.1, 0.15) is 18.0 Å². The molecule has 0 aromatic heterocycles. The first-order valence-corrected chi connectivity index (χ1v) is 5.58. The van der Waals surface area contributed by atoms with E-state index in [9.17, 15) is 14.4 Å². The van der Waals surface area contributed by atoms with Crippen molar-refractivity contribution in [3.8, 4) is 5.75 Å². The predicted octanol–water partition coefficient (Wildman–Crippen LogP) is 0.589. The average molecular weight is 246 g/mol. The minimum atomic E-state index is -0.871. The van der Waals surface area contributed by atoms with Crippen LogP contribution in [0.2, 0.25) is 0 Å². The lowest BCUT2D eigenvalue weighted by atomic mass is 9.99. The number of hydrogen-bond acceptors (Lipinski definition) is 4. The van der Waals surface area contributed by atoms with Crippen molar-refractivity contribution in [1.29, 1.82) is 0 Å². The van der Waals surface area contributed by atoms with E-state index in [1.165, 1.54) is 0 Å². The van der Waals surface area contributed by atoms with E-state index < -0.39 is 23.9 Å². The Hall–Kier alpha value is -2.37. The number of imide groups is 2. The molecule has 4 amide bonds. The van der Waals surface area contributed by atoms with Gasteiger partial charge in [0.05, 0.1) is 12.6 Å². The molecule has 0 radical (unpaired) electrons. The number of carbonyl (C=O) groups is 3. The van der Waals surface area contributed by atoms with Crippen LogP contribution >= 0.6 is 0 Å². The Balaban J connectivity index is 2.02. The van der Waals surface area contributed by atoms with Gasteiger partial charge in [0.25, 0.3) is 0 Å². The summed E-state index contributed by atoms with van der Waals surface area (Å²) < 4.78 is 5.46. The van der Waals surface area contributed by atoms with Gasteiger partial charge in [-0.1, -0.05) is 18.2 Å². The Morgan fingerprint density at radius 3 is 2.72 bits per heavy atom. The summed E-state index contributed by atoms with van der Waals surface area (Å²) in [5.74, 6) is -1.03. The lowest BCUT2D eigenvalue weighted by molar-refractivity contribution is -0.141. The monoisotopic (exact) mass is 246 g/mol. The van der Waals surface area contributed by atoms with E-state index >= 15 is 0 Å². The lowest BCUT2D eigenvalue weighted by Crippen LogP contribution is -2.37. The van der Waals surface area contributed by atoms with E-state index in [1.807, 2.05) is 11.4 Å². The summed E-state index contributed by atoms with van der Waals surface area (Å²) in [6, 6.07) is 6.10. The summed E-state index contributed by atoms with van der Waals surface area (Å²) in [6.45, 7) is 0.410. The fourth-order valence-corrected chi connectivity index (χ4v) is 2.29. The van der Waals surface area contributed by atoms with E-state index in [2.05, 4.69) is 0 Å². The topological polar surface area (TPSA) is 75.7 Å². The minimum absolute atomic E-state index is 0.410. The van der Waals surface area contributed by atoms with Crippen molar-refractivity contribution in [2.45, 2.75) is 12.5 Å². The molecule has 1 atom stereocenters. The molecular weight excluding hydrogens is 236 g/mol. The molecule has 2 aliphatic rings. The van der Waals surface area contributed by atoms with E-state index in [0.717, 1.165) is 10.5 Å². The Labute approximate surface area is 103 Å². The standard InChI is InChI=1S/C12H10N2O4/c15-10-11(16)14(12(17)13-10)8-5-6-18-9-4-2-1-3-7(8)9/h1-4,8H,5-6H2,(H,13,15,17). The average Bonchev–Trinajstić information content (AvgIpc) is 2.63. The molecule has 18 heavy (non-hydrogen) atoms. The Kier molecular flexibility index (Phi) is 2.29. The SMILES string of the molecule is O=C1NC(=O)N(C2CCOc3ccccc32)C1=O. The van der Waals surface area contributed by atoms with Crippen LogP contribution in [0.25, 0.3) is 0 Å². The molecule has 3 rings (SSSR count). The number of rotatable bonds is 1. The summed E-state index contributed by atoms with van der Waals surface area (Å²) in [4.78, 5) is 35.5. The van der Waals surface area contributed by atoms with Crippen LogP contribution in [0.15, 0.2) is 24.3 Å². The van der Waals surface area contributed by atoms with Crippen LogP contribution in [-0.2, 0) is 9.59 Å². The van der Waals surface area contributed by atoms with E-state index in [-0.39, 0.29) is 0 Å². The predicted molar refractivity (Wildman–Crippen MR) is 59.7 cm³/mol. The molecule has 6 heteroatoms. The van der Waals surface area contributed by atoms with Crippen LogP contribution in [-0.4, -0.2) is 29.4 Å². The maximum Gasteiger partial charge on any atom is 0.332 e. The molecule has 0 bridgehead atoms. The fraction of sp³-hybridized carbons (Fsp3) is 0.250. The Morgan fingerprint density at radius 1 is 1.22 bits per heavy atom. The zero-order valence-electron chi connectivity index (χ0n) is 9.38. The van der Waals surface area contributed by atoms with Crippen molar-refractivity contribution in [3.05, 3.63) is 29.8 Å². The number of fused-ring (bicyclic) bond motifs is 1. The minimum Gasteiger partial charge on any atom is -0.493 e. The molecular formula is C12H10N2O4. The Bertz CT molecular complexity index is 555.